The lowest BCUT2D eigenvalue weighted by molar-refractivity contribution is -0.135. The average Bonchev–Trinajstić information content (AvgIpc) is 2.96. The van der Waals surface area contributed by atoms with Crippen molar-refractivity contribution in [2.24, 2.45) is 0 Å². The molecule has 0 spiro atoms. The Morgan fingerprint density at radius 3 is 2.95 bits per heavy atom. The smallest absolute Gasteiger partial charge is 0.260 e. The summed E-state index contributed by atoms with van der Waals surface area (Å²) in [4.78, 5) is 13.8. The van der Waals surface area contributed by atoms with Crippen LogP contribution in [0.4, 0.5) is 0 Å². The van der Waals surface area contributed by atoms with Crippen molar-refractivity contribution in [3.63, 3.8) is 0 Å². The van der Waals surface area contributed by atoms with Crippen molar-refractivity contribution in [3.05, 3.63) is 29.8 Å². The van der Waals surface area contributed by atoms with E-state index in [4.69, 9.17) is 14.7 Å². The van der Waals surface area contributed by atoms with E-state index in [1.165, 1.54) is 0 Å². The van der Waals surface area contributed by atoms with Gasteiger partial charge in [0.25, 0.3) is 5.91 Å². The quantitative estimate of drug-likeness (QED) is 0.856. The van der Waals surface area contributed by atoms with Crippen LogP contribution in [0.5, 0.6) is 5.75 Å². The molecular weight excluding hydrogens is 272 g/mol. The zero-order chi connectivity index (χ0) is 15.2. The van der Waals surface area contributed by atoms with E-state index in [0.717, 1.165) is 0 Å². The van der Waals surface area contributed by atoms with E-state index in [1.54, 1.807) is 36.3 Å². The van der Waals surface area contributed by atoms with Gasteiger partial charge in [-0.05, 0) is 18.6 Å². The fourth-order valence-electron chi connectivity index (χ4n) is 2.43. The average molecular weight is 290 g/mol. The second-order valence-electron chi connectivity index (χ2n) is 4.87. The van der Waals surface area contributed by atoms with Crippen molar-refractivity contribution in [2.75, 3.05) is 26.9 Å². The molecule has 0 radical (unpaired) electrons. The summed E-state index contributed by atoms with van der Waals surface area (Å²) in [6, 6.07) is 8.54. The van der Waals surface area contributed by atoms with Crippen molar-refractivity contribution in [3.8, 4) is 11.8 Å². The second-order valence-corrected chi connectivity index (χ2v) is 4.87. The van der Waals surface area contributed by atoms with Gasteiger partial charge in [0.2, 0.25) is 0 Å². The molecule has 1 aromatic carbocycles. The van der Waals surface area contributed by atoms with Gasteiger partial charge in [0.15, 0.2) is 6.61 Å². The first kappa shape index (κ1) is 15.3. The number of ether oxygens (including phenoxy) is 2. The lowest BCUT2D eigenvalue weighted by atomic mass is 10.2. The number of hydrogen-bond acceptors (Lipinski definition) is 5. The molecule has 1 aliphatic heterocycles. The third-order valence-corrected chi connectivity index (χ3v) is 3.60. The maximum Gasteiger partial charge on any atom is 0.260 e. The zero-order valence-corrected chi connectivity index (χ0v) is 11.9. The summed E-state index contributed by atoms with van der Waals surface area (Å²) < 4.78 is 10.7. The van der Waals surface area contributed by atoms with Gasteiger partial charge in [-0.25, -0.2) is 0 Å². The molecule has 2 atom stereocenters. The van der Waals surface area contributed by atoms with E-state index >= 15 is 0 Å². The lowest BCUT2D eigenvalue weighted by Gasteiger charge is -2.22. The van der Waals surface area contributed by atoms with Gasteiger partial charge in [0.1, 0.15) is 11.8 Å². The number of hydrogen-bond donors (Lipinski definition) is 1. The summed E-state index contributed by atoms with van der Waals surface area (Å²) in [5, 5.41) is 18.3. The van der Waals surface area contributed by atoms with Crippen molar-refractivity contribution in [1.29, 1.82) is 5.26 Å². The fourth-order valence-corrected chi connectivity index (χ4v) is 2.43. The van der Waals surface area contributed by atoms with E-state index < -0.39 is 0 Å². The number of carbonyl (C=O) groups is 1. The number of amides is 1. The van der Waals surface area contributed by atoms with Crippen molar-refractivity contribution in [1.82, 2.24) is 4.90 Å². The molecule has 21 heavy (non-hydrogen) atoms. The summed E-state index contributed by atoms with van der Waals surface area (Å²) in [5.74, 6) is 0.165. The Bertz CT molecular complexity index is 541. The Labute approximate surface area is 123 Å². The standard InChI is InChI=1S/C15H18N2O4/c1-20-13-6-12(9-18)17(8-13)15(19)10-21-14-5-3-2-4-11(14)7-16/h2-5,12-13,18H,6,8-10H2,1H3/t12-,13-/m0/s1. The van der Waals surface area contributed by atoms with Crippen molar-refractivity contribution in [2.45, 2.75) is 18.6 Å². The maximum atomic E-state index is 12.2. The zero-order valence-electron chi connectivity index (χ0n) is 11.9. The molecular formula is C15H18N2O4. The van der Waals surface area contributed by atoms with Crippen LogP contribution in [-0.2, 0) is 9.53 Å². The summed E-state index contributed by atoms with van der Waals surface area (Å²) in [6.07, 6.45) is 0.561. The Kier molecular flexibility index (Phi) is 5.14. The van der Waals surface area contributed by atoms with Gasteiger partial charge in [-0.15, -0.1) is 0 Å². The molecule has 2 rings (SSSR count). The SMILES string of the molecule is CO[C@H]1C[C@@H](CO)N(C(=O)COc2ccccc2C#N)C1. The second kappa shape index (κ2) is 7.07. The van der Waals surface area contributed by atoms with Gasteiger partial charge in [-0.3, -0.25) is 4.79 Å². The molecule has 0 aromatic heterocycles. The third kappa shape index (κ3) is 3.51. The number of nitrogens with zero attached hydrogens (tertiary/aromatic N) is 2. The Balaban J connectivity index is 1.97. The van der Waals surface area contributed by atoms with Crippen LogP contribution in [0, 0.1) is 11.3 Å². The molecule has 0 saturated carbocycles. The number of carbonyl (C=O) groups excluding carboxylic acids is 1. The van der Waals surface area contributed by atoms with Crippen molar-refractivity contribution >= 4 is 5.91 Å². The van der Waals surface area contributed by atoms with Gasteiger partial charge in [0, 0.05) is 13.7 Å². The molecule has 0 aliphatic carbocycles. The number of likely N-dealkylation sites (tertiary alicyclic amines) is 1. The highest BCUT2D eigenvalue weighted by Gasteiger charge is 2.34. The Hall–Kier alpha value is -2.10. The number of aliphatic hydroxyl groups excluding tert-OH is 1. The topological polar surface area (TPSA) is 82.8 Å². The summed E-state index contributed by atoms with van der Waals surface area (Å²) in [6.45, 7) is 0.190. The molecule has 1 N–H and O–H groups in total. The lowest BCUT2D eigenvalue weighted by Crippen LogP contribution is -2.40. The van der Waals surface area contributed by atoms with Crippen LogP contribution in [0.25, 0.3) is 0 Å². The number of aliphatic hydroxyl groups is 1. The first-order chi connectivity index (χ1) is 10.2. The van der Waals surface area contributed by atoms with Gasteiger partial charge in [0.05, 0.1) is 24.3 Å². The Morgan fingerprint density at radius 2 is 2.29 bits per heavy atom. The molecule has 1 heterocycles. The highest BCUT2D eigenvalue weighted by Crippen LogP contribution is 2.21. The highest BCUT2D eigenvalue weighted by atomic mass is 16.5. The summed E-state index contributed by atoms with van der Waals surface area (Å²) in [7, 11) is 1.59. The number of para-hydroxylation sites is 1. The van der Waals surface area contributed by atoms with E-state index in [1.807, 2.05) is 6.07 Å². The predicted octanol–water partition coefficient (Wildman–Crippen LogP) is 0.545. The van der Waals surface area contributed by atoms with Gasteiger partial charge < -0.3 is 19.5 Å². The molecule has 0 unspecified atom stereocenters. The fraction of sp³-hybridized carbons (Fsp3) is 0.467. The van der Waals surface area contributed by atoms with Gasteiger partial charge >= 0.3 is 0 Å². The molecule has 1 fully saturated rings. The summed E-state index contributed by atoms with van der Waals surface area (Å²) >= 11 is 0. The first-order valence-corrected chi connectivity index (χ1v) is 6.74. The van der Waals surface area contributed by atoms with Gasteiger partial charge in [-0.2, -0.15) is 5.26 Å². The van der Waals surface area contributed by atoms with E-state index in [0.29, 0.717) is 24.3 Å². The largest absolute Gasteiger partial charge is 0.482 e. The minimum Gasteiger partial charge on any atom is -0.482 e. The molecule has 6 nitrogen and oxygen atoms in total. The molecule has 0 bridgehead atoms. The number of methoxy groups -OCH3 is 1. The van der Waals surface area contributed by atoms with Crippen molar-refractivity contribution < 1.29 is 19.4 Å². The summed E-state index contributed by atoms with van der Waals surface area (Å²) in [5.41, 5.74) is 0.389. The van der Waals surface area contributed by atoms with Crippen LogP contribution in [0.15, 0.2) is 24.3 Å². The molecule has 112 valence electrons. The number of benzene rings is 1. The minimum atomic E-state index is -0.239. The van der Waals surface area contributed by atoms with Gasteiger partial charge in [-0.1, -0.05) is 12.1 Å². The van der Waals surface area contributed by atoms with E-state index in [9.17, 15) is 9.90 Å². The van der Waals surface area contributed by atoms with Crippen LogP contribution in [0.3, 0.4) is 0 Å². The molecule has 1 amide bonds. The Morgan fingerprint density at radius 1 is 1.52 bits per heavy atom. The van der Waals surface area contributed by atoms with Crippen LogP contribution in [-0.4, -0.2) is 54.9 Å². The highest BCUT2D eigenvalue weighted by molar-refractivity contribution is 5.78. The van der Waals surface area contributed by atoms with Crippen LogP contribution in [0.2, 0.25) is 0 Å². The molecule has 1 aromatic rings. The third-order valence-electron chi connectivity index (χ3n) is 3.60. The van der Waals surface area contributed by atoms with E-state index in [-0.39, 0.29) is 31.3 Å². The minimum absolute atomic E-state index is 0.0579. The predicted molar refractivity (Wildman–Crippen MR) is 74.7 cm³/mol. The van der Waals surface area contributed by atoms with Crippen LogP contribution < -0.4 is 4.74 Å². The number of rotatable bonds is 5. The monoisotopic (exact) mass is 290 g/mol. The maximum absolute atomic E-state index is 12.2. The van der Waals surface area contributed by atoms with Crippen LogP contribution in [0.1, 0.15) is 12.0 Å². The first-order valence-electron chi connectivity index (χ1n) is 6.74. The normalized spacial score (nSPS) is 21.1. The molecule has 1 aliphatic rings. The molecule has 1 saturated heterocycles. The number of nitriles is 1. The molecule has 6 heteroatoms. The van der Waals surface area contributed by atoms with Crippen LogP contribution >= 0.6 is 0 Å². The van der Waals surface area contributed by atoms with E-state index in [2.05, 4.69) is 0 Å².